The number of nitrogens with one attached hydrogen (secondary N) is 1. The van der Waals surface area contributed by atoms with Gasteiger partial charge in [-0.25, -0.2) is 25.5 Å². The number of benzene rings is 2. The number of fused-ring (bicyclic) bond motifs is 2. The van der Waals surface area contributed by atoms with Crippen LogP contribution in [0.25, 0.3) is 0 Å². The highest BCUT2D eigenvalue weighted by Gasteiger charge is 2.46. The first kappa shape index (κ1) is 32.5. The van der Waals surface area contributed by atoms with E-state index in [-0.39, 0.29) is 49.6 Å². The number of nitrogens with two attached hydrogens (primary N) is 1. The Morgan fingerprint density at radius 2 is 1.88 bits per heavy atom. The van der Waals surface area contributed by atoms with Crippen LogP contribution >= 0.6 is 11.6 Å². The van der Waals surface area contributed by atoms with Crippen molar-refractivity contribution >= 4 is 37.4 Å². The maximum Gasteiger partial charge on any atom is 0.214 e. The number of carbonyl (C=O) groups is 1. The van der Waals surface area contributed by atoms with E-state index in [1.807, 2.05) is 12.1 Å². The Labute approximate surface area is 259 Å². The van der Waals surface area contributed by atoms with Crippen molar-refractivity contribution in [3.05, 3.63) is 70.0 Å². The molecule has 3 N–H and O–H groups in total. The molecule has 236 valence electrons. The molecule has 0 amide bonds. The number of piperidine rings is 1. The van der Waals surface area contributed by atoms with Gasteiger partial charge in [-0.15, -0.1) is 0 Å². The van der Waals surface area contributed by atoms with Crippen LogP contribution in [0, 0.1) is 5.82 Å². The van der Waals surface area contributed by atoms with E-state index < -0.39 is 37.3 Å². The van der Waals surface area contributed by atoms with Gasteiger partial charge >= 0.3 is 0 Å². The van der Waals surface area contributed by atoms with Crippen LogP contribution in [0.15, 0.2) is 42.5 Å². The first-order chi connectivity index (χ1) is 20.3. The lowest BCUT2D eigenvalue weighted by atomic mass is 9.66. The molecule has 0 radical (unpaired) electrons. The molecule has 1 unspecified atom stereocenters. The van der Waals surface area contributed by atoms with Gasteiger partial charge < -0.3 is 11.1 Å². The number of halogens is 2. The first-order valence-electron chi connectivity index (χ1n) is 14.8. The molecule has 0 spiro atoms. The molecule has 4 atom stereocenters. The number of nitrogens with zero attached hydrogens (tertiary/aromatic N) is 2. The minimum Gasteiger partial charge on any atom is -0.321 e. The molecular formula is C30H40ClFN4O5S2. The number of piperazine rings is 1. The first-order valence-corrected chi connectivity index (χ1v) is 18.6. The Morgan fingerprint density at radius 3 is 2.56 bits per heavy atom. The standard InChI is InChI=1S/C30H40ClFN4O5S2/c1-42(38,39)35-15-13-30(14-16-35,22-7-9-23(31)10-8-22)29(33)28(37)18-21-4-2-6-27(32)26(21)12-11-25-19-34-24-5-3-17-43(40,41)36(25)20-24/h2,4,6-10,24-25,29,34H,3,5,11-20,33H2,1H3/t24-,25+,29-/m1/s1. The molecular weight excluding hydrogens is 615 g/mol. The van der Waals surface area contributed by atoms with Crippen LogP contribution in [-0.2, 0) is 43.1 Å². The fourth-order valence-electron chi connectivity index (χ4n) is 6.99. The number of hydrogen-bond donors (Lipinski definition) is 2. The van der Waals surface area contributed by atoms with E-state index in [2.05, 4.69) is 5.32 Å². The summed E-state index contributed by atoms with van der Waals surface area (Å²) < 4.78 is 68.5. The van der Waals surface area contributed by atoms with E-state index in [9.17, 15) is 21.6 Å². The van der Waals surface area contributed by atoms with E-state index in [0.29, 0.717) is 54.9 Å². The minimum atomic E-state index is -3.40. The van der Waals surface area contributed by atoms with Crippen molar-refractivity contribution in [2.24, 2.45) is 5.73 Å². The highest BCUT2D eigenvalue weighted by molar-refractivity contribution is 7.89. The van der Waals surface area contributed by atoms with Gasteiger partial charge in [0.15, 0.2) is 5.78 Å². The number of hydrogen-bond acceptors (Lipinski definition) is 7. The topological polar surface area (TPSA) is 130 Å². The molecule has 3 heterocycles. The van der Waals surface area contributed by atoms with Gasteiger partial charge in [0.05, 0.1) is 18.1 Å². The Kier molecular flexibility index (Phi) is 9.68. The van der Waals surface area contributed by atoms with Crippen LogP contribution in [0.5, 0.6) is 0 Å². The van der Waals surface area contributed by atoms with Crippen LogP contribution in [0.3, 0.4) is 0 Å². The Morgan fingerprint density at radius 1 is 1.19 bits per heavy atom. The van der Waals surface area contributed by atoms with Gasteiger partial charge in [0.2, 0.25) is 20.0 Å². The highest BCUT2D eigenvalue weighted by Crippen LogP contribution is 2.40. The van der Waals surface area contributed by atoms with Crippen molar-refractivity contribution in [1.29, 1.82) is 0 Å². The summed E-state index contributed by atoms with van der Waals surface area (Å²) in [5.74, 6) is -0.587. The average molecular weight is 655 g/mol. The Balaban J connectivity index is 1.36. The lowest BCUT2D eigenvalue weighted by Gasteiger charge is -2.44. The predicted molar refractivity (Wildman–Crippen MR) is 165 cm³/mol. The van der Waals surface area contributed by atoms with E-state index in [1.165, 1.54) is 16.6 Å². The van der Waals surface area contributed by atoms with Crippen LogP contribution in [0.1, 0.15) is 48.8 Å². The normalized spacial score (nSPS) is 26.4. The van der Waals surface area contributed by atoms with Crippen molar-refractivity contribution in [3.63, 3.8) is 0 Å². The monoisotopic (exact) mass is 654 g/mol. The summed E-state index contributed by atoms with van der Waals surface area (Å²) in [6.07, 6.45) is 3.91. The van der Waals surface area contributed by atoms with Crippen LogP contribution in [-0.4, -0.2) is 87.5 Å². The number of rotatable bonds is 9. The van der Waals surface area contributed by atoms with Crippen LogP contribution in [0.4, 0.5) is 4.39 Å². The fourth-order valence-corrected chi connectivity index (χ4v) is 9.77. The molecule has 3 aliphatic heterocycles. The molecule has 5 rings (SSSR count). The Hall–Kier alpha value is -1.93. The third-order valence-electron chi connectivity index (χ3n) is 9.52. The largest absolute Gasteiger partial charge is 0.321 e. The lowest BCUT2D eigenvalue weighted by Crippen LogP contribution is -2.57. The van der Waals surface area contributed by atoms with Crippen molar-refractivity contribution in [1.82, 2.24) is 13.9 Å². The molecule has 2 bridgehead atoms. The fraction of sp³-hybridized carbons (Fsp3) is 0.567. The number of Topliss-reactive ketones (excluding diaryl/α,β-unsaturated/α-hetero) is 1. The van der Waals surface area contributed by atoms with Crippen molar-refractivity contribution < 1.29 is 26.0 Å². The molecule has 0 aromatic heterocycles. The summed E-state index contributed by atoms with van der Waals surface area (Å²) in [6.45, 7) is 1.38. The van der Waals surface area contributed by atoms with E-state index in [0.717, 1.165) is 12.0 Å². The number of ketones is 1. The van der Waals surface area contributed by atoms with Gasteiger partial charge in [-0.2, -0.15) is 4.31 Å². The number of carbonyl (C=O) groups excluding carboxylic acids is 1. The molecule has 3 saturated heterocycles. The van der Waals surface area contributed by atoms with Crippen LogP contribution in [0.2, 0.25) is 5.02 Å². The molecule has 9 nitrogen and oxygen atoms in total. The lowest BCUT2D eigenvalue weighted by molar-refractivity contribution is -0.121. The van der Waals surface area contributed by atoms with E-state index in [4.69, 9.17) is 17.3 Å². The van der Waals surface area contributed by atoms with E-state index in [1.54, 1.807) is 28.6 Å². The quantitative estimate of drug-likeness (QED) is 0.425. The zero-order valence-electron chi connectivity index (χ0n) is 24.3. The number of sulfonamides is 2. The second-order valence-electron chi connectivity index (χ2n) is 12.1. The molecule has 0 aliphatic carbocycles. The summed E-state index contributed by atoms with van der Waals surface area (Å²) >= 11 is 6.14. The molecule has 43 heavy (non-hydrogen) atoms. The summed E-state index contributed by atoms with van der Waals surface area (Å²) in [6, 6.07) is 10.7. The zero-order valence-corrected chi connectivity index (χ0v) is 26.7. The maximum absolute atomic E-state index is 15.2. The minimum absolute atomic E-state index is 0.0909. The second-order valence-corrected chi connectivity index (χ2v) is 16.6. The smallest absolute Gasteiger partial charge is 0.214 e. The average Bonchev–Trinajstić information content (AvgIpc) is 3.08. The predicted octanol–water partition coefficient (Wildman–Crippen LogP) is 2.61. The summed E-state index contributed by atoms with van der Waals surface area (Å²) in [4.78, 5) is 13.9. The molecule has 3 aliphatic rings. The highest BCUT2D eigenvalue weighted by atomic mass is 35.5. The summed E-state index contributed by atoms with van der Waals surface area (Å²) in [7, 11) is -6.78. The third kappa shape index (κ3) is 7.00. The molecule has 13 heteroatoms. The Bertz CT molecular complexity index is 1550. The van der Waals surface area contributed by atoms with Gasteiger partial charge in [0.25, 0.3) is 0 Å². The summed E-state index contributed by atoms with van der Waals surface area (Å²) in [5, 5.41) is 3.98. The molecule has 2 aromatic rings. The van der Waals surface area contributed by atoms with Crippen molar-refractivity contribution in [2.45, 2.75) is 68.5 Å². The van der Waals surface area contributed by atoms with Gasteiger partial charge in [0, 0.05) is 55.1 Å². The molecule has 2 aromatic carbocycles. The zero-order chi connectivity index (χ0) is 31.0. The molecule has 3 fully saturated rings. The van der Waals surface area contributed by atoms with Gasteiger partial charge in [0.1, 0.15) is 5.82 Å². The van der Waals surface area contributed by atoms with Crippen molar-refractivity contribution in [3.8, 4) is 0 Å². The van der Waals surface area contributed by atoms with Gasteiger partial charge in [-0.3, -0.25) is 4.79 Å². The second kappa shape index (κ2) is 12.8. The third-order valence-corrected chi connectivity index (χ3v) is 13.0. The van der Waals surface area contributed by atoms with Gasteiger partial charge in [-0.1, -0.05) is 35.9 Å². The maximum atomic E-state index is 15.2. The SMILES string of the molecule is CS(=O)(=O)N1CCC(c2ccc(Cl)cc2)([C@H](N)C(=O)Cc2cccc(F)c2CC[C@H]2CN[C@@H]3CCCS(=O)(=O)N2C3)CC1. The van der Waals surface area contributed by atoms with Gasteiger partial charge in [-0.05, 0) is 73.4 Å². The van der Waals surface area contributed by atoms with Crippen molar-refractivity contribution in [2.75, 3.05) is 38.2 Å². The molecule has 0 saturated carbocycles. The van der Waals surface area contributed by atoms with Crippen LogP contribution < -0.4 is 11.1 Å². The van der Waals surface area contributed by atoms with E-state index >= 15 is 4.39 Å². The summed E-state index contributed by atoms with van der Waals surface area (Å²) in [5.41, 5.74) is 7.67.